The molecule has 2 aliphatic carbocycles. The van der Waals surface area contributed by atoms with E-state index < -0.39 is 0 Å². The second kappa shape index (κ2) is 6.10. The second-order valence-corrected chi connectivity index (χ2v) is 7.49. The maximum absolute atomic E-state index is 11.1. The Balaban J connectivity index is 1.81. The Bertz CT molecular complexity index is 486. The van der Waals surface area contributed by atoms with E-state index in [0.29, 0.717) is 12.5 Å². The van der Waals surface area contributed by atoms with Crippen molar-refractivity contribution in [1.29, 1.82) is 0 Å². The number of aliphatic hydroxyl groups excluding tert-OH is 1. The highest BCUT2D eigenvalue weighted by molar-refractivity contribution is 5.31. The van der Waals surface area contributed by atoms with Crippen molar-refractivity contribution in [3.8, 4) is 0 Å². The number of nitrogens with two attached hydrogens (primary N) is 1. The molecule has 0 saturated heterocycles. The highest BCUT2D eigenvalue weighted by Crippen LogP contribution is 2.44. The zero-order valence-electron chi connectivity index (χ0n) is 13.2. The number of aryl methyl sites for hydroxylation is 1. The van der Waals surface area contributed by atoms with Crippen molar-refractivity contribution >= 4 is 0 Å². The minimum absolute atomic E-state index is 0.101. The van der Waals surface area contributed by atoms with Gasteiger partial charge in [-0.2, -0.15) is 0 Å². The lowest BCUT2D eigenvalue weighted by Crippen LogP contribution is -2.50. The van der Waals surface area contributed by atoms with Gasteiger partial charge in [0.2, 0.25) is 0 Å². The van der Waals surface area contributed by atoms with Crippen LogP contribution in [0.3, 0.4) is 0 Å². The van der Waals surface area contributed by atoms with Crippen LogP contribution in [-0.2, 0) is 12.8 Å². The summed E-state index contributed by atoms with van der Waals surface area (Å²) in [5, 5.41) is 11.1. The van der Waals surface area contributed by atoms with E-state index in [9.17, 15) is 5.11 Å². The van der Waals surface area contributed by atoms with Crippen LogP contribution >= 0.6 is 0 Å². The Morgan fingerprint density at radius 3 is 2.76 bits per heavy atom. The molecule has 0 aliphatic heterocycles. The van der Waals surface area contributed by atoms with E-state index in [1.54, 1.807) is 0 Å². The molecule has 2 nitrogen and oxygen atoms in total. The lowest BCUT2D eigenvalue weighted by atomic mass is 9.63. The molecule has 1 aromatic rings. The summed E-state index contributed by atoms with van der Waals surface area (Å²) in [6.45, 7) is 2.93. The van der Waals surface area contributed by atoms with Crippen LogP contribution in [0, 0.1) is 17.3 Å². The molecule has 21 heavy (non-hydrogen) atoms. The quantitative estimate of drug-likeness (QED) is 0.896. The molecule has 3 N–H and O–H groups in total. The van der Waals surface area contributed by atoms with Gasteiger partial charge < -0.3 is 10.8 Å². The van der Waals surface area contributed by atoms with Crippen LogP contribution in [0.25, 0.3) is 0 Å². The zero-order valence-corrected chi connectivity index (χ0v) is 13.2. The Morgan fingerprint density at radius 2 is 2.05 bits per heavy atom. The van der Waals surface area contributed by atoms with E-state index in [1.165, 1.54) is 36.8 Å². The Kier molecular flexibility index (Phi) is 4.37. The summed E-state index contributed by atoms with van der Waals surface area (Å²) < 4.78 is 0. The van der Waals surface area contributed by atoms with E-state index in [2.05, 4.69) is 31.2 Å². The summed E-state index contributed by atoms with van der Waals surface area (Å²) in [7, 11) is 0. The van der Waals surface area contributed by atoms with Gasteiger partial charge in [0.05, 0.1) is 6.10 Å². The summed E-state index contributed by atoms with van der Waals surface area (Å²) in [5.41, 5.74) is 8.93. The van der Waals surface area contributed by atoms with E-state index in [1.807, 2.05) is 0 Å². The predicted octanol–water partition coefficient (Wildman–Crippen LogP) is 3.31. The van der Waals surface area contributed by atoms with Gasteiger partial charge in [-0.05, 0) is 55.1 Å². The Hall–Kier alpha value is -0.860. The van der Waals surface area contributed by atoms with Gasteiger partial charge in [0, 0.05) is 12.0 Å². The fraction of sp³-hybridized carbons (Fsp3) is 0.684. The molecule has 116 valence electrons. The highest BCUT2D eigenvalue weighted by Gasteiger charge is 2.43. The molecule has 0 spiro atoms. The van der Waals surface area contributed by atoms with Crippen molar-refractivity contribution < 1.29 is 5.11 Å². The molecule has 2 aliphatic rings. The minimum Gasteiger partial charge on any atom is -0.392 e. The number of fused-ring (bicyclic) bond motifs is 1. The van der Waals surface area contributed by atoms with Crippen LogP contribution in [0.4, 0.5) is 0 Å². The molecule has 0 amide bonds. The van der Waals surface area contributed by atoms with E-state index in [0.717, 1.165) is 25.2 Å². The third-order valence-corrected chi connectivity index (χ3v) is 6.01. The first-order valence-corrected chi connectivity index (χ1v) is 8.59. The Morgan fingerprint density at radius 1 is 1.29 bits per heavy atom. The molecule has 1 aromatic carbocycles. The summed E-state index contributed by atoms with van der Waals surface area (Å²) in [6.07, 6.45) is 7.74. The second-order valence-electron chi connectivity index (χ2n) is 7.49. The molecule has 2 heteroatoms. The third-order valence-electron chi connectivity index (χ3n) is 6.01. The van der Waals surface area contributed by atoms with Crippen molar-refractivity contribution in [3.05, 3.63) is 35.4 Å². The van der Waals surface area contributed by atoms with E-state index in [-0.39, 0.29) is 11.5 Å². The number of rotatable bonds is 3. The van der Waals surface area contributed by atoms with Crippen molar-refractivity contribution in [3.63, 3.8) is 0 Å². The average Bonchev–Trinajstić information content (AvgIpc) is 2.53. The van der Waals surface area contributed by atoms with Crippen LogP contribution in [0.2, 0.25) is 0 Å². The molecular weight excluding hydrogens is 258 g/mol. The van der Waals surface area contributed by atoms with Gasteiger partial charge >= 0.3 is 0 Å². The molecule has 0 radical (unpaired) electrons. The van der Waals surface area contributed by atoms with Crippen LogP contribution < -0.4 is 5.73 Å². The summed E-state index contributed by atoms with van der Waals surface area (Å²) >= 11 is 0. The number of benzene rings is 1. The van der Waals surface area contributed by atoms with Gasteiger partial charge in [0.25, 0.3) is 0 Å². The lowest BCUT2D eigenvalue weighted by Gasteiger charge is -2.45. The summed E-state index contributed by atoms with van der Waals surface area (Å²) in [4.78, 5) is 0. The van der Waals surface area contributed by atoms with E-state index >= 15 is 0 Å². The molecule has 3 rings (SSSR count). The van der Waals surface area contributed by atoms with Crippen molar-refractivity contribution in [1.82, 2.24) is 0 Å². The van der Waals surface area contributed by atoms with Gasteiger partial charge in [-0.25, -0.2) is 0 Å². The smallest absolute Gasteiger partial charge is 0.0640 e. The van der Waals surface area contributed by atoms with Gasteiger partial charge in [0.15, 0.2) is 0 Å². The van der Waals surface area contributed by atoms with Gasteiger partial charge in [0.1, 0.15) is 0 Å². The third kappa shape index (κ3) is 2.89. The molecular formula is C19H29NO. The van der Waals surface area contributed by atoms with Crippen LogP contribution in [0.15, 0.2) is 24.3 Å². The molecule has 1 fully saturated rings. The normalized spacial score (nSPS) is 34.2. The van der Waals surface area contributed by atoms with Gasteiger partial charge in [-0.1, -0.05) is 44.0 Å². The first-order valence-electron chi connectivity index (χ1n) is 8.59. The number of aliphatic hydroxyl groups is 1. The van der Waals surface area contributed by atoms with Crippen molar-refractivity contribution in [2.75, 3.05) is 6.54 Å². The minimum atomic E-state index is -0.237. The SMILES string of the molecule is CC1CCCC(C(O)C2(CN)CCc3ccccc3C2)C1. The standard InChI is InChI=1S/C19H29NO/c1-14-5-4-8-16(11-14)18(21)19(13-20)10-9-15-6-2-3-7-17(15)12-19/h2-3,6-7,14,16,18,21H,4-5,8-13,20H2,1H3. The predicted molar refractivity (Wildman–Crippen MR) is 87.1 cm³/mol. The molecule has 4 unspecified atom stereocenters. The largest absolute Gasteiger partial charge is 0.392 e. The number of hydrogen-bond donors (Lipinski definition) is 2. The number of hydrogen-bond acceptors (Lipinski definition) is 2. The lowest BCUT2D eigenvalue weighted by molar-refractivity contribution is -0.0400. The Labute approximate surface area is 128 Å². The molecule has 0 heterocycles. The maximum atomic E-state index is 11.1. The van der Waals surface area contributed by atoms with Crippen molar-refractivity contribution in [2.24, 2.45) is 23.0 Å². The molecule has 0 aromatic heterocycles. The van der Waals surface area contributed by atoms with Gasteiger partial charge in [-0.3, -0.25) is 0 Å². The fourth-order valence-corrected chi connectivity index (χ4v) is 4.64. The van der Waals surface area contributed by atoms with Crippen LogP contribution in [-0.4, -0.2) is 17.8 Å². The molecule has 4 atom stereocenters. The van der Waals surface area contributed by atoms with Crippen LogP contribution in [0.5, 0.6) is 0 Å². The summed E-state index contributed by atoms with van der Waals surface area (Å²) in [5.74, 6) is 1.20. The molecule has 0 bridgehead atoms. The molecule has 1 saturated carbocycles. The monoisotopic (exact) mass is 287 g/mol. The highest BCUT2D eigenvalue weighted by atomic mass is 16.3. The topological polar surface area (TPSA) is 46.2 Å². The first-order chi connectivity index (χ1) is 10.1. The first kappa shape index (κ1) is 15.1. The van der Waals surface area contributed by atoms with Gasteiger partial charge in [-0.15, -0.1) is 0 Å². The zero-order chi connectivity index (χ0) is 14.9. The van der Waals surface area contributed by atoms with Crippen LogP contribution in [0.1, 0.15) is 50.2 Å². The van der Waals surface area contributed by atoms with E-state index in [4.69, 9.17) is 5.73 Å². The fourth-order valence-electron chi connectivity index (χ4n) is 4.64. The van der Waals surface area contributed by atoms with Crippen molar-refractivity contribution in [2.45, 2.75) is 58.0 Å². The summed E-state index contributed by atoms with van der Waals surface area (Å²) in [6, 6.07) is 8.67. The average molecular weight is 287 g/mol. The maximum Gasteiger partial charge on any atom is 0.0640 e.